The first-order valence-electron chi connectivity index (χ1n) is 13.6. The maximum atomic E-state index is 13.7. The van der Waals surface area contributed by atoms with E-state index in [1.165, 1.54) is 5.56 Å². The molecule has 0 aliphatic carbocycles. The number of nitrogens with one attached hydrogen (secondary N) is 1. The van der Waals surface area contributed by atoms with E-state index >= 15 is 0 Å². The lowest BCUT2D eigenvalue weighted by Crippen LogP contribution is -2.49. The van der Waals surface area contributed by atoms with Crippen molar-refractivity contribution in [2.45, 2.75) is 52.3 Å². The summed E-state index contributed by atoms with van der Waals surface area (Å²) in [6.07, 6.45) is 2.10. The van der Waals surface area contributed by atoms with E-state index in [4.69, 9.17) is 16.3 Å². The Kier molecular flexibility index (Phi) is 7.14. The highest BCUT2D eigenvalue weighted by molar-refractivity contribution is 6.30. The van der Waals surface area contributed by atoms with Crippen molar-refractivity contribution in [1.82, 2.24) is 30.1 Å². The number of tetrazole rings is 1. The molecule has 2 aliphatic rings. The second-order valence-electron chi connectivity index (χ2n) is 10.7. The Morgan fingerprint density at radius 1 is 1.08 bits per heavy atom. The third-order valence-corrected chi connectivity index (χ3v) is 8.51. The normalized spacial score (nSPS) is 19.2. The third-order valence-electron chi connectivity index (χ3n) is 8.27. The van der Waals surface area contributed by atoms with Crippen molar-refractivity contribution >= 4 is 28.2 Å². The molecule has 2 atom stereocenters. The summed E-state index contributed by atoms with van der Waals surface area (Å²) in [5, 5.41) is 14.6. The Morgan fingerprint density at radius 3 is 2.64 bits per heavy atom. The number of anilines is 1. The van der Waals surface area contributed by atoms with E-state index in [0.717, 1.165) is 78.4 Å². The van der Waals surface area contributed by atoms with Gasteiger partial charge >= 0.3 is 0 Å². The number of hydrogen-bond acceptors (Lipinski definition) is 7. The van der Waals surface area contributed by atoms with Gasteiger partial charge in [0.05, 0.1) is 18.2 Å². The van der Waals surface area contributed by atoms with Gasteiger partial charge in [0.25, 0.3) is 5.56 Å². The maximum absolute atomic E-state index is 13.7. The molecule has 39 heavy (non-hydrogen) atoms. The zero-order chi connectivity index (χ0) is 27.1. The molecule has 0 saturated carbocycles. The van der Waals surface area contributed by atoms with Gasteiger partial charge in [-0.15, -0.1) is 5.10 Å². The van der Waals surface area contributed by atoms with Crippen LogP contribution in [0.25, 0.3) is 10.9 Å². The molecule has 204 valence electrons. The fourth-order valence-electron chi connectivity index (χ4n) is 5.91. The molecule has 0 bridgehead atoms. The predicted octanol–water partition coefficient (Wildman–Crippen LogP) is 4.18. The maximum Gasteiger partial charge on any atom is 0.253 e. The van der Waals surface area contributed by atoms with Crippen LogP contribution >= 0.6 is 11.6 Å². The minimum Gasteiger partial charge on any atom is -0.376 e. The van der Waals surface area contributed by atoms with Crippen LogP contribution in [0.1, 0.15) is 47.0 Å². The average molecular weight is 548 g/mol. The number of nitrogens with zero attached hydrogens (tertiary/aromatic N) is 6. The molecule has 0 unspecified atom stereocenters. The Hall–Kier alpha value is -3.27. The van der Waals surface area contributed by atoms with Gasteiger partial charge in [-0.2, -0.15) is 0 Å². The van der Waals surface area contributed by atoms with Gasteiger partial charge in [-0.1, -0.05) is 29.8 Å². The minimum atomic E-state index is -0.390. The van der Waals surface area contributed by atoms with Crippen LogP contribution in [0.2, 0.25) is 5.02 Å². The number of aromatic amines is 1. The number of aromatic nitrogens is 5. The number of benzene rings is 2. The number of H-pyrrole nitrogens is 1. The summed E-state index contributed by atoms with van der Waals surface area (Å²) in [4.78, 5) is 21.6. The van der Waals surface area contributed by atoms with Crippen LogP contribution in [0.5, 0.6) is 0 Å². The molecule has 2 aliphatic heterocycles. The molecule has 9 nitrogen and oxygen atoms in total. The molecule has 0 spiro atoms. The standard InChI is InChI=1S/C29H34ClN7O2/c1-18-6-8-21-15-24(29(38)31-26(21)20(18)3)27(28-32-33-34-37(28)17-23-5-4-14-39-23)36-12-10-35(11-13-36)25-16-22(30)9-7-19(25)2/h6-9,15-16,23,27H,4-5,10-14,17H2,1-3H3,(H,31,38)/t23-,27-/m0/s1. The molecule has 2 saturated heterocycles. The first kappa shape index (κ1) is 26.0. The molecule has 2 fully saturated rings. The number of pyridine rings is 1. The number of hydrogen-bond donors (Lipinski definition) is 1. The molecule has 2 aromatic heterocycles. The number of aryl methyl sites for hydroxylation is 3. The highest BCUT2D eigenvalue weighted by Crippen LogP contribution is 2.31. The summed E-state index contributed by atoms with van der Waals surface area (Å²) in [6, 6.07) is 11.8. The van der Waals surface area contributed by atoms with E-state index in [-0.39, 0.29) is 11.7 Å². The zero-order valence-electron chi connectivity index (χ0n) is 22.7. The Morgan fingerprint density at radius 2 is 1.87 bits per heavy atom. The van der Waals surface area contributed by atoms with Crippen LogP contribution in [0, 0.1) is 20.8 Å². The van der Waals surface area contributed by atoms with Crippen molar-refractivity contribution < 1.29 is 4.74 Å². The van der Waals surface area contributed by atoms with Crippen LogP contribution in [-0.2, 0) is 11.3 Å². The molecular formula is C29H34ClN7O2. The molecular weight excluding hydrogens is 514 g/mol. The highest BCUT2D eigenvalue weighted by atomic mass is 35.5. The summed E-state index contributed by atoms with van der Waals surface area (Å²) in [5.74, 6) is 0.673. The molecule has 4 heterocycles. The van der Waals surface area contributed by atoms with Crippen LogP contribution in [0.3, 0.4) is 0 Å². The smallest absolute Gasteiger partial charge is 0.253 e. The third kappa shape index (κ3) is 5.06. The summed E-state index contributed by atoms with van der Waals surface area (Å²) in [6.45, 7) is 10.6. The molecule has 6 rings (SSSR count). The van der Waals surface area contributed by atoms with Gasteiger partial charge in [-0.05, 0) is 84.3 Å². The zero-order valence-corrected chi connectivity index (χ0v) is 23.4. The molecule has 1 N–H and O–H groups in total. The molecule has 10 heteroatoms. The van der Waals surface area contributed by atoms with Crippen molar-refractivity contribution in [3.05, 3.63) is 79.9 Å². The van der Waals surface area contributed by atoms with Crippen LogP contribution in [0.15, 0.2) is 41.2 Å². The van der Waals surface area contributed by atoms with Crippen LogP contribution < -0.4 is 10.5 Å². The largest absolute Gasteiger partial charge is 0.376 e. The summed E-state index contributed by atoms with van der Waals surface area (Å²) < 4.78 is 7.72. The van der Waals surface area contributed by atoms with Crippen molar-refractivity contribution in [3.63, 3.8) is 0 Å². The Bertz CT molecular complexity index is 1550. The Balaban J connectivity index is 1.38. The van der Waals surface area contributed by atoms with E-state index in [0.29, 0.717) is 17.9 Å². The Labute approximate surface area is 232 Å². The van der Waals surface area contributed by atoms with E-state index in [1.54, 1.807) is 0 Å². The van der Waals surface area contributed by atoms with E-state index in [9.17, 15) is 4.79 Å². The second-order valence-corrected chi connectivity index (χ2v) is 11.2. The number of piperazine rings is 1. The van der Waals surface area contributed by atoms with E-state index in [2.05, 4.69) is 62.4 Å². The minimum absolute atomic E-state index is 0.0797. The second kappa shape index (κ2) is 10.7. The fraction of sp³-hybridized carbons (Fsp3) is 0.448. The number of fused-ring (bicyclic) bond motifs is 1. The lowest BCUT2D eigenvalue weighted by atomic mass is 9.99. The highest BCUT2D eigenvalue weighted by Gasteiger charge is 2.34. The van der Waals surface area contributed by atoms with Crippen molar-refractivity contribution in [1.29, 1.82) is 0 Å². The SMILES string of the molecule is Cc1ccc(Cl)cc1N1CCN([C@@H](c2cc3ccc(C)c(C)c3[nH]c2=O)c2nnnn2C[C@@H]2CCCO2)CC1. The van der Waals surface area contributed by atoms with Crippen molar-refractivity contribution in [2.24, 2.45) is 0 Å². The van der Waals surface area contributed by atoms with Gasteiger partial charge in [0.15, 0.2) is 5.82 Å². The fourth-order valence-corrected chi connectivity index (χ4v) is 6.07. The van der Waals surface area contributed by atoms with Crippen molar-refractivity contribution in [3.8, 4) is 0 Å². The molecule has 2 aromatic carbocycles. The van der Waals surface area contributed by atoms with E-state index < -0.39 is 6.04 Å². The predicted molar refractivity (Wildman–Crippen MR) is 153 cm³/mol. The molecule has 0 amide bonds. The van der Waals surface area contributed by atoms with Gasteiger partial charge in [0.1, 0.15) is 6.04 Å². The number of rotatable bonds is 6. The van der Waals surface area contributed by atoms with Crippen LogP contribution in [0.4, 0.5) is 5.69 Å². The van der Waals surface area contributed by atoms with Gasteiger partial charge in [-0.25, -0.2) is 4.68 Å². The lowest BCUT2D eigenvalue weighted by Gasteiger charge is -2.40. The van der Waals surface area contributed by atoms with Crippen molar-refractivity contribution in [2.75, 3.05) is 37.7 Å². The van der Waals surface area contributed by atoms with Gasteiger partial charge in [0.2, 0.25) is 0 Å². The number of halogens is 1. The lowest BCUT2D eigenvalue weighted by molar-refractivity contribution is 0.0906. The van der Waals surface area contributed by atoms with Gasteiger partial charge in [0, 0.05) is 49.1 Å². The average Bonchev–Trinajstić information content (AvgIpc) is 3.62. The number of ether oxygens (including phenoxy) is 1. The molecule has 0 radical (unpaired) electrons. The quantitative estimate of drug-likeness (QED) is 0.387. The first-order chi connectivity index (χ1) is 18.9. The van der Waals surface area contributed by atoms with Gasteiger partial charge < -0.3 is 14.6 Å². The van der Waals surface area contributed by atoms with E-state index in [1.807, 2.05) is 29.8 Å². The van der Waals surface area contributed by atoms with Gasteiger partial charge in [-0.3, -0.25) is 9.69 Å². The topological polar surface area (TPSA) is 92.2 Å². The molecule has 4 aromatic rings. The summed E-state index contributed by atoms with van der Waals surface area (Å²) in [5.41, 5.74) is 6.00. The first-order valence-corrected chi connectivity index (χ1v) is 14.0. The monoisotopic (exact) mass is 547 g/mol. The summed E-state index contributed by atoms with van der Waals surface area (Å²) in [7, 11) is 0. The summed E-state index contributed by atoms with van der Waals surface area (Å²) >= 11 is 6.33. The van der Waals surface area contributed by atoms with Crippen LogP contribution in [-0.4, -0.2) is 69.0 Å².